The van der Waals surface area contributed by atoms with Gasteiger partial charge in [-0.1, -0.05) is 6.92 Å². The van der Waals surface area contributed by atoms with Crippen molar-refractivity contribution in [3.63, 3.8) is 0 Å². The van der Waals surface area contributed by atoms with Crippen molar-refractivity contribution in [1.82, 2.24) is 24.5 Å². The second kappa shape index (κ2) is 4.08. The summed E-state index contributed by atoms with van der Waals surface area (Å²) in [5, 5.41) is 12.6. The van der Waals surface area contributed by atoms with E-state index < -0.39 is 0 Å². The lowest BCUT2D eigenvalue weighted by molar-refractivity contribution is 0.682. The lowest BCUT2D eigenvalue weighted by Gasteiger charge is -2.04. The standard InChI is InChI=1S/C11H17N5/c1-5-6-16-7-12-13-11(16)10-8(2)14-15(4)9(10)3/h7H,5-6H2,1-4H3. The zero-order valence-electron chi connectivity index (χ0n) is 10.2. The number of rotatable bonds is 3. The van der Waals surface area contributed by atoms with E-state index in [4.69, 9.17) is 0 Å². The average molecular weight is 219 g/mol. The first-order valence-electron chi connectivity index (χ1n) is 5.53. The summed E-state index contributed by atoms with van der Waals surface area (Å²) in [5.41, 5.74) is 3.24. The van der Waals surface area contributed by atoms with Gasteiger partial charge in [-0.15, -0.1) is 10.2 Å². The molecule has 16 heavy (non-hydrogen) atoms. The van der Waals surface area contributed by atoms with Crippen LogP contribution in [0.15, 0.2) is 6.33 Å². The van der Waals surface area contributed by atoms with Crippen molar-refractivity contribution >= 4 is 0 Å². The van der Waals surface area contributed by atoms with Crippen LogP contribution in [0.3, 0.4) is 0 Å². The molecule has 0 aromatic carbocycles. The molecule has 0 aliphatic rings. The predicted molar refractivity (Wildman–Crippen MR) is 62.0 cm³/mol. The van der Waals surface area contributed by atoms with Crippen LogP contribution in [0.5, 0.6) is 0 Å². The van der Waals surface area contributed by atoms with Crippen LogP contribution in [0.25, 0.3) is 11.4 Å². The molecular weight excluding hydrogens is 202 g/mol. The zero-order chi connectivity index (χ0) is 11.7. The summed E-state index contributed by atoms with van der Waals surface area (Å²) < 4.78 is 3.96. The van der Waals surface area contributed by atoms with Crippen LogP contribution in [0, 0.1) is 13.8 Å². The molecule has 0 aliphatic carbocycles. The van der Waals surface area contributed by atoms with Gasteiger partial charge in [-0.25, -0.2) is 0 Å². The van der Waals surface area contributed by atoms with Crippen molar-refractivity contribution in [3.05, 3.63) is 17.7 Å². The molecule has 0 N–H and O–H groups in total. The van der Waals surface area contributed by atoms with E-state index in [2.05, 4.69) is 33.7 Å². The summed E-state index contributed by atoms with van der Waals surface area (Å²) in [5.74, 6) is 0.921. The van der Waals surface area contributed by atoms with Gasteiger partial charge in [-0.2, -0.15) is 5.10 Å². The molecule has 0 unspecified atom stereocenters. The molecule has 0 aliphatic heterocycles. The highest BCUT2D eigenvalue weighted by atomic mass is 15.3. The van der Waals surface area contributed by atoms with Crippen molar-refractivity contribution in [2.75, 3.05) is 0 Å². The Kier molecular flexibility index (Phi) is 2.77. The SMILES string of the molecule is CCCn1cnnc1-c1c(C)nn(C)c1C. The second-order valence-corrected chi connectivity index (χ2v) is 4.02. The average Bonchev–Trinajstić information content (AvgIpc) is 2.75. The lowest BCUT2D eigenvalue weighted by Crippen LogP contribution is -2.00. The third-order valence-electron chi connectivity index (χ3n) is 2.81. The first-order chi connectivity index (χ1) is 7.65. The predicted octanol–water partition coefficient (Wildman–Crippen LogP) is 1.71. The van der Waals surface area contributed by atoms with Crippen LogP contribution in [-0.4, -0.2) is 24.5 Å². The highest BCUT2D eigenvalue weighted by Crippen LogP contribution is 2.24. The van der Waals surface area contributed by atoms with Crippen molar-refractivity contribution in [1.29, 1.82) is 0 Å². The van der Waals surface area contributed by atoms with Gasteiger partial charge in [-0.3, -0.25) is 4.68 Å². The Bertz CT molecular complexity index is 494. The van der Waals surface area contributed by atoms with Gasteiger partial charge in [0, 0.05) is 19.3 Å². The molecule has 5 heteroatoms. The van der Waals surface area contributed by atoms with Crippen molar-refractivity contribution < 1.29 is 0 Å². The summed E-state index contributed by atoms with van der Waals surface area (Å²) in [6.45, 7) is 7.15. The Morgan fingerprint density at radius 1 is 1.31 bits per heavy atom. The fraction of sp³-hybridized carbons (Fsp3) is 0.545. The monoisotopic (exact) mass is 219 g/mol. The third kappa shape index (κ3) is 1.62. The van der Waals surface area contributed by atoms with E-state index in [0.29, 0.717) is 0 Å². The Morgan fingerprint density at radius 2 is 2.06 bits per heavy atom. The Morgan fingerprint density at radius 3 is 2.62 bits per heavy atom. The van der Waals surface area contributed by atoms with E-state index >= 15 is 0 Å². The van der Waals surface area contributed by atoms with Gasteiger partial charge in [0.25, 0.3) is 0 Å². The van der Waals surface area contributed by atoms with Crippen molar-refractivity contribution in [2.45, 2.75) is 33.7 Å². The fourth-order valence-electron chi connectivity index (χ4n) is 1.95. The van der Waals surface area contributed by atoms with E-state index in [1.165, 1.54) is 0 Å². The lowest BCUT2D eigenvalue weighted by atomic mass is 10.2. The number of hydrogen-bond acceptors (Lipinski definition) is 3. The molecule has 0 saturated carbocycles. The van der Waals surface area contributed by atoms with Crippen molar-refractivity contribution in [2.24, 2.45) is 7.05 Å². The van der Waals surface area contributed by atoms with Gasteiger partial charge in [0.05, 0.1) is 11.3 Å². The first kappa shape index (κ1) is 10.9. The smallest absolute Gasteiger partial charge is 0.167 e. The molecule has 2 rings (SSSR count). The largest absolute Gasteiger partial charge is 0.314 e. The summed E-state index contributed by atoms with van der Waals surface area (Å²) in [4.78, 5) is 0. The van der Waals surface area contributed by atoms with Crippen LogP contribution < -0.4 is 0 Å². The maximum absolute atomic E-state index is 4.40. The van der Waals surface area contributed by atoms with Crippen LogP contribution >= 0.6 is 0 Å². The molecule has 0 spiro atoms. The van der Waals surface area contributed by atoms with Gasteiger partial charge in [0.15, 0.2) is 5.82 Å². The number of hydrogen-bond donors (Lipinski definition) is 0. The molecular formula is C11H17N5. The molecule has 0 bridgehead atoms. The maximum atomic E-state index is 4.40. The minimum absolute atomic E-state index is 0.921. The quantitative estimate of drug-likeness (QED) is 0.789. The van der Waals surface area contributed by atoms with E-state index in [1.54, 1.807) is 6.33 Å². The van der Waals surface area contributed by atoms with Gasteiger partial charge < -0.3 is 4.57 Å². The van der Waals surface area contributed by atoms with Crippen molar-refractivity contribution in [3.8, 4) is 11.4 Å². The van der Waals surface area contributed by atoms with E-state index in [0.717, 1.165) is 35.7 Å². The van der Waals surface area contributed by atoms with Crippen LogP contribution in [0.4, 0.5) is 0 Å². The summed E-state index contributed by atoms with van der Waals surface area (Å²) in [7, 11) is 1.95. The minimum atomic E-state index is 0.921. The highest BCUT2D eigenvalue weighted by molar-refractivity contribution is 5.61. The molecule has 0 fully saturated rings. The van der Waals surface area contributed by atoms with E-state index in [9.17, 15) is 0 Å². The maximum Gasteiger partial charge on any atom is 0.167 e. The normalized spacial score (nSPS) is 11.0. The molecule has 2 aromatic heterocycles. The molecule has 0 radical (unpaired) electrons. The zero-order valence-corrected chi connectivity index (χ0v) is 10.2. The highest BCUT2D eigenvalue weighted by Gasteiger charge is 2.16. The fourth-order valence-corrected chi connectivity index (χ4v) is 1.95. The summed E-state index contributed by atoms with van der Waals surface area (Å²) >= 11 is 0. The Labute approximate surface area is 95.1 Å². The van der Waals surface area contributed by atoms with Crippen LogP contribution in [-0.2, 0) is 13.6 Å². The van der Waals surface area contributed by atoms with Gasteiger partial charge in [0.2, 0.25) is 0 Å². The number of nitrogens with zero attached hydrogens (tertiary/aromatic N) is 5. The van der Waals surface area contributed by atoms with Gasteiger partial charge in [0.1, 0.15) is 6.33 Å². The van der Waals surface area contributed by atoms with Crippen LogP contribution in [0.2, 0.25) is 0 Å². The van der Waals surface area contributed by atoms with Crippen LogP contribution in [0.1, 0.15) is 24.7 Å². The third-order valence-corrected chi connectivity index (χ3v) is 2.81. The summed E-state index contributed by atoms with van der Waals surface area (Å²) in [6, 6.07) is 0. The minimum Gasteiger partial charge on any atom is -0.314 e. The Hall–Kier alpha value is -1.65. The molecule has 2 heterocycles. The van der Waals surface area contributed by atoms with E-state index in [-0.39, 0.29) is 0 Å². The molecule has 5 nitrogen and oxygen atoms in total. The molecule has 0 saturated heterocycles. The topological polar surface area (TPSA) is 48.5 Å². The van der Waals surface area contributed by atoms with Gasteiger partial charge in [-0.05, 0) is 20.3 Å². The van der Waals surface area contributed by atoms with E-state index in [1.807, 2.05) is 18.7 Å². The molecule has 0 atom stereocenters. The Balaban J connectivity index is 2.54. The molecule has 86 valence electrons. The first-order valence-corrected chi connectivity index (χ1v) is 5.53. The van der Waals surface area contributed by atoms with Gasteiger partial charge >= 0.3 is 0 Å². The number of aromatic nitrogens is 5. The molecule has 0 amide bonds. The molecule has 2 aromatic rings. The second-order valence-electron chi connectivity index (χ2n) is 4.02. The summed E-state index contributed by atoms with van der Waals surface area (Å²) in [6.07, 6.45) is 2.86. The number of aryl methyl sites for hydroxylation is 3.